The molecule has 3 N–H and O–H groups in total. The van der Waals surface area contributed by atoms with Gasteiger partial charge in [-0.1, -0.05) is 5.21 Å². The van der Waals surface area contributed by atoms with Gasteiger partial charge in [0.1, 0.15) is 24.1 Å². The van der Waals surface area contributed by atoms with Crippen molar-refractivity contribution in [2.75, 3.05) is 33.0 Å². The van der Waals surface area contributed by atoms with Crippen molar-refractivity contribution in [1.29, 1.82) is 0 Å². The third-order valence-corrected chi connectivity index (χ3v) is 5.48. The van der Waals surface area contributed by atoms with Crippen molar-refractivity contribution in [2.45, 2.75) is 32.0 Å². The average Bonchev–Trinajstić information content (AvgIpc) is 3.40. The predicted molar refractivity (Wildman–Crippen MR) is 118 cm³/mol. The lowest BCUT2D eigenvalue weighted by Crippen LogP contribution is -2.54. The number of carbonyl (C=O) groups excluding carboxylic acids is 4. The van der Waals surface area contributed by atoms with Crippen LogP contribution in [0.15, 0.2) is 24.4 Å². The van der Waals surface area contributed by atoms with Crippen molar-refractivity contribution in [3.05, 3.63) is 41.2 Å². The maximum absolute atomic E-state index is 12.9. The molecule has 1 atom stereocenters. The molecule has 0 spiro atoms. The van der Waals surface area contributed by atoms with Crippen LogP contribution in [0.1, 0.15) is 39.3 Å². The number of rotatable bonds is 12. The molecule has 0 saturated carbocycles. The number of ether oxygens (including phenoxy) is 3. The van der Waals surface area contributed by atoms with E-state index in [9.17, 15) is 19.2 Å². The van der Waals surface area contributed by atoms with E-state index in [0.717, 1.165) is 4.90 Å². The maximum Gasteiger partial charge on any atom is 0.262 e. The molecular formula is C22H26N6O7. The second-order valence-corrected chi connectivity index (χ2v) is 7.93. The molecule has 2 aromatic rings. The smallest absolute Gasteiger partial charge is 0.262 e. The van der Waals surface area contributed by atoms with Crippen LogP contribution in [0.25, 0.3) is 0 Å². The van der Waals surface area contributed by atoms with E-state index in [-0.39, 0.29) is 30.6 Å². The summed E-state index contributed by atoms with van der Waals surface area (Å²) in [5.74, 6) is -1.87. The number of benzene rings is 1. The highest BCUT2D eigenvalue weighted by Gasteiger charge is 2.44. The zero-order chi connectivity index (χ0) is 24.8. The Morgan fingerprint density at radius 2 is 1.80 bits per heavy atom. The van der Waals surface area contributed by atoms with Crippen LogP contribution in [0, 0.1) is 0 Å². The molecule has 1 aromatic carbocycles. The van der Waals surface area contributed by atoms with Crippen LogP contribution >= 0.6 is 0 Å². The van der Waals surface area contributed by atoms with Crippen LogP contribution in [-0.2, 0) is 32.2 Å². The first-order valence-electron chi connectivity index (χ1n) is 11.2. The van der Waals surface area contributed by atoms with Gasteiger partial charge < -0.3 is 19.9 Å². The largest absolute Gasteiger partial charge is 0.487 e. The second kappa shape index (κ2) is 11.2. The molecule has 2 aliphatic rings. The van der Waals surface area contributed by atoms with E-state index in [2.05, 4.69) is 15.6 Å². The number of aromatic nitrogens is 3. The van der Waals surface area contributed by atoms with Crippen LogP contribution in [0.5, 0.6) is 5.75 Å². The number of nitrogens with two attached hydrogens (primary N) is 1. The van der Waals surface area contributed by atoms with E-state index in [1.807, 2.05) is 0 Å². The normalized spacial score (nSPS) is 17.6. The molecule has 1 aromatic heterocycles. The summed E-state index contributed by atoms with van der Waals surface area (Å²) < 4.78 is 18.0. The number of nitrogens with one attached hydrogen (secondary N) is 1. The van der Waals surface area contributed by atoms with E-state index >= 15 is 0 Å². The molecule has 35 heavy (non-hydrogen) atoms. The van der Waals surface area contributed by atoms with Gasteiger partial charge in [-0.3, -0.25) is 29.4 Å². The Labute approximate surface area is 200 Å². The summed E-state index contributed by atoms with van der Waals surface area (Å²) in [7, 11) is 0. The number of carbonyl (C=O) groups is 4. The van der Waals surface area contributed by atoms with Crippen molar-refractivity contribution < 1.29 is 33.4 Å². The number of amides is 4. The quantitative estimate of drug-likeness (QED) is 0.288. The number of hydrogen-bond acceptors (Lipinski definition) is 10. The summed E-state index contributed by atoms with van der Waals surface area (Å²) in [6, 6.07) is 3.51. The molecule has 0 radical (unpaired) electrons. The molecule has 1 saturated heterocycles. The number of hydrogen-bond donors (Lipinski definition) is 2. The van der Waals surface area contributed by atoms with Gasteiger partial charge in [-0.15, -0.1) is 5.10 Å². The predicted octanol–water partition coefficient (Wildman–Crippen LogP) is -0.750. The van der Waals surface area contributed by atoms with Crippen LogP contribution in [0.4, 0.5) is 0 Å². The number of piperidine rings is 1. The van der Waals surface area contributed by atoms with E-state index < -0.39 is 29.7 Å². The van der Waals surface area contributed by atoms with Gasteiger partial charge in [-0.25, -0.2) is 4.68 Å². The fourth-order valence-corrected chi connectivity index (χ4v) is 3.77. The lowest BCUT2D eigenvalue weighted by molar-refractivity contribution is -0.136. The number of nitrogens with zero attached hydrogens (tertiary/aromatic N) is 4. The van der Waals surface area contributed by atoms with Crippen molar-refractivity contribution >= 4 is 23.6 Å². The van der Waals surface area contributed by atoms with E-state index in [0.29, 0.717) is 51.0 Å². The third-order valence-electron chi connectivity index (χ3n) is 5.48. The highest BCUT2D eigenvalue weighted by atomic mass is 16.5. The summed E-state index contributed by atoms with van der Waals surface area (Å²) in [6.07, 6.45) is 1.89. The topological polar surface area (TPSA) is 168 Å². The molecule has 13 heteroatoms. The van der Waals surface area contributed by atoms with Gasteiger partial charge in [-0.2, -0.15) is 0 Å². The Kier molecular flexibility index (Phi) is 7.80. The fourth-order valence-electron chi connectivity index (χ4n) is 3.77. The van der Waals surface area contributed by atoms with Crippen LogP contribution in [0.2, 0.25) is 0 Å². The molecule has 0 bridgehead atoms. The molecule has 4 rings (SSSR count). The Morgan fingerprint density at radius 3 is 2.57 bits per heavy atom. The first-order valence-corrected chi connectivity index (χ1v) is 11.2. The van der Waals surface area contributed by atoms with Crippen molar-refractivity contribution in [1.82, 2.24) is 25.2 Å². The van der Waals surface area contributed by atoms with E-state index in [4.69, 9.17) is 19.9 Å². The zero-order valence-electron chi connectivity index (χ0n) is 19.0. The first kappa shape index (κ1) is 24.4. The van der Waals surface area contributed by atoms with Crippen LogP contribution in [-0.4, -0.2) is 82.5 Å². The third kappa shape index (κ3) is 5.70. The van der Waals surface area contributed by atoms with Gasteiger partial charge in [0.15, 0.2) is 0 Å². The lowest BCUT2D eigenvalue weighted by Gasteiger charge is -2.27. The summed E-state index contributed by atoms with van der Waals surface area (Å²) in [5.41, 5.74) is 6.25. The Balaban J connectivity index is 1.29. The highest BCUT2D eigenvalue weighted by molar-refractivity contribution is 6.23. The number of imide groups is 2. The fraction of sp³-hybridized carbons (Fsp3) is 0.455. The molecule has 13 nitrogen and oxygen atoms in total. The van der Waals surface area contributed by atoms with Gasteiger partial charge in [0, 0.05) is 13.0 Å². The molecule has 0 aliphatic carbocycles. The van der Waals surface area contributed by atoms with Gasteiger partial charge in [0.05, 0.1) is 50.3 Å². The Morgan fingerprint density at radius 1 is 1.03 bits per heavy atom. The summed E-state index contributed by atoms with van der Waals surface area (Å²) in [6.45, 7) is 2.98. The minimum Gasteiger partial charge on any atom is -0.487 e. The van der Waals surface area contributed by atoms with Gasteiger partial charge >= 0.3 is 0 Å². The van der Waals surface area contributed by atoms with Crippen molar-refractivity contribution in [3.63, 3.8) is 0 Å². The Hall–Kier alpha value is -3.68. The van der Waals surface area contributed by atoms with Gasteiger partial charge in [0.2, 0.25) is 11.8 Å². The molecule has 1 unspecified atom stereocenters. The Bertz CT molecular complexity index is 1120. The monoisotopic (exact) mass is 486 g/mol. The van der Waals surface area contributed by atoms with E-state index in [1.54, 1.807) is 16.9 Å². The molecule has 186 valence electrons. The van der Waals surface area contributed by atoms with Crippen molar-refractivity contribution in [3.8, 4) is 5.75 Å². The average molecular weight is 486 g/mol. The maximum atomic E-state index is 12.9. The van der Waals surface area contributed by atoms with Crippen LogP contribution < -0.4 is 15.8 Å². The molecule has 3 heterocycles. The highest BCUT2D eigenvalue weighted by Crippen LogP contribution is 2.30. The zero-order valence-corrected chi connectivity index (χ0v) is 19.0. The van der Waals surface area contributed by atoms with Gasteiger partial charge in [-0.05, 0) is 24.6 Å². The summed E-state index contributed by atoms with van der Waals surface area (Å²) >= 11 is 0. The lowest BCUT2D eigenvalue weighted by atomic mass is 10.0. The van der Waals surface area contributed by atoms with Crippen LogP contribution in [0.3, 0.4) is 0 Å². The first-order chi connectivity index (χ1) is 17.0. The summed E-state index contributed by atoms with van der Waals surface area (Å²) in [4.78, 5) is 50.1. The SMILES string of the molecule is NCCOCCOCCn1cc(COc2ccc3c(c2)C(=O)N(C2CCC(=O)NC2=O)C3=O)nn1. The summed E-state index contributed by atoms with van der Waals surface area (Å²) in [5, 5.41) is 10.2. The minimum absolute atomic E-state index is 0.0637. The molecule has 2 aliphatic heterocycles. The molecule has 1 fully saturated rings. The minimum atomic E-state index is -1.01. The number of fused-ring (bicyclic) bond motifs is 1. The van der Waals surface area contributed by atoms with Crippen molar-refractivity contribution in [2.24, 2.45) is 5.73 Å². The molecular weight excluding hydrogens is 460 g/mol. The molecule has 4 amide bonds. The second-order valence-electron chi connectivity index (χ2n) is 7.93. The van der Waals surface area contributed by atoms with E-state index in [1.165, 1.54) is 12.1 Å². The standard InChI is InChI=1S/C22H26N6O7/c23-5-7-33-9-10-34-8-6-27-12-14(25-26-27)13-35-15-1-2-16-17(11-15)22(32)28(21(16)31)18-3-4-19(29)24-20(18)30/h1-2,11-12,18H,3-10,13,23H2,(H,24,29,30). The van der Waals surface area contributed by atoms with Gasteiger partial charge in [0.25, 0.3) is 11.8 Å².